The second-order valence-corrected chi connectivity index (χ2v) is 6.54. The lowest BCUT2D eigenvalue weighted by molar-refractivity contribution is -0.134. The molecule has 0 aliphatic carbocycles. The van der Waals surface area contributed by atoms with E-state index in [1.807, 2.05) is 0 Å². The first-order valence-electron chi connectivity index (χ1n) is 8.72. The summed E-state index contributed by atoms with van der Waals surface area (Å²) in [6.45, 7) is 0.577. The number of carbonyl (C=O) groups is 3. The van der Waals surface area contributed by atoms with Gasteiger partial charge < -0.3 is 20.6 Å². The number of amides is 3. The van der Waals surface area contributed by atoms with Gasteiger partial charge in [-0.05, 0) is 18.1 Å². The largest absolute Gasteiger partial charge is 0.389 e. The maximum absolute atomic E-state index is 13.7. The van der Waals surface area contributed by atoms with Crippen LogP contribution in [0.1, 0.15) is 24.8 Å². The lowest BCUT2D eigenvalue weighted by Crippen LogP contribution is -2.38. The molecule has 3 amide bonds. The van der Waals surface area contributed by atoms with Gasteiger partial charge in [0.25, 0.3) is 0 Å². The number of hydrogen-bond acceptors (Lipinski definition) is 4. The lowest BCUT2D eigenvalue weighted by atomic mass is 10.1. The van der Waals surface area contributed by atoms with Crippen molar-refractivity contribution < 1.29 is 28.3 Å². The smallest absolute Gasteiger partial charge is 0.223 e. The van der Waals surface area contributed by atoms with Gasteiger partial charge in [-0.2, -0.15) is 0 Å². The van der Waals surface area contributed by atoms with Crippen molar-refractivity contribution in [1.29, 1.82) is 0 Å². The first kappa shape index (κ1) is 20.8. The molecule has 1 saturated heterocycles. The summed E-state index contributed by atoms with van der Waals surface area (Å²) < 4.78 is 26.6. The second kappa shape index (κ2) is 9.40. The Labute approximate surface area is 155 Å². The summed E-state index contributed by atoms with van der Waals surface area (Å²) in [5, 5.41) is 10.1. The van der Waals surface area contributed by atoms with E-state index in [0.717, 1.165) is 12.1 Å². The van der Waals surface area contributed by atoms with Crippen LogP contribution >= 0.6 is 0 Å². The molecule has 0 aromatic heterocycles. The van der Waals surface area contributed by atoms with Gasteiger partial charge in [-0.15, -0.1) is 0 Å². The van der Waals surface area contributed by atoms with Gasteiger partial charge in [-0.3, -0.25) is 14.4 Å². The molecule has 1 atom stereocenters. The number of halogens is 2. The van der Waals surface area contributed by atoms with E-state index in [4.69, 9.17) is 5.73 Å². The van der Waals surface area contributed by atoms with Gasteiger partial charge in [0.05, 0.1) is 6.10 Å². The van der Waals surface area contributed by atoms with Crippen molar-refractivity contribution in [2.24, 2.45) is 5.73 Å². The van der Waals surface area contributed by atoms with Gasteiger partial charge >= 0.3 is 0 Å². The van der Waals surface area contributed by atoms with Crippen LogP contribution in [0.4, 0.5) is 8.78 Å². The Bertz CT molecular complexity index is 714. The number of primary amides is 1. The van der Waals surface area contributed by atoms with Crippen LogP contribution in [0.3, 0.4) is 0 Å². The van der Waals surface area contributed by atoms with Crippen molar-refractivity contribution in [3.63, 3.8) is 0 Å². The Morgan fingerprint density at radius 3 is 2.19 bits per heavy atom. The molecule has 1 fully saturated rings. The number of nitrogens with zero attached hydrogens (tertiary/aromatic N) is 2. The summed E-state index contributed by atoms with van der Waals surface area (Å²) >= 11 is 0. The number of hydrogen-bond donors (Lipinski definition) is 2. The number of rotatable bonds is 6. The number of carbonyl (C=O) groups excluding carboxylic acids is 3. The minimum Gasteiger partial charge on any atom is -0.389 e. The maximum Gasteiger partial charge on any atom is 0.223 e. The van der Waals surface area contributed by atoms with E-state index < -0.39 is 23.6 Å². The lowest BCUT2D eigenvalue weighted by Gasteiger charge is -2.22. The Hall–Kier alpha value is -2.55. The van der Waals surface area contributed by atoms with E-state index in [1.165, 1.54) is 15.9 Å². The highest BCUT2D eigenvalue weighted by molar-refractivity contribution is 5.83. The Balaban J connectivity index is 1.89. The van der Waals surface area contributed by atoms with Crippen LogP contribution in [0.2, 0.25) is 0 Å². The topological polar surface area (TPSA) is 104 Å². The summed E-state index contributed by atoms with van der Waals surface area (Å²) in [5.41, 5.74) is 5.27. The summed E-state index contributed by atoms with van der Waals surface area (Å²) in [7, 11) is 0. The molecule has 0 saturated carbocycles. The number of aliphatic hydroxyl groups excluding tert-OH is 1. The predicted octanol–water partition coefficient (Wildman–Crippen LogP) is 0.195. The van der Waals surface area contributed by atoms with Gasteiger partial charge in [-0.25, -0.2) is 8.78 Å². The average molecular weight is 383 g/mol. The molecule has 0 radical (unpaired) electrons. The second-order valence-electron chi connectivity index (χ2n) is 6.54. The van der Waals surface area contributed by atoms with Crippen LogP contribution in [0.15, 0.2) is 18.2 Å². The molecule has 3 N–H and O–H groups in total. The molecule has 1 unspecified atom stereocenters. The normalized spacial score (nSPS) is 17.5. The van der Waals surface area contributed by atoms with Crippen LogP contribution in [0.5, 0.6) is 0 Å². The summed E-state index contributed by atoms with van der Waals surface area (Å²) in [6, 6.07) is 3.20. The van der Waals surface area contributed by atoms with Gasteiger partial charge in [0.15, 0.2) is 0 Å². The Morgan fingerprint density at radius 1 is 1.04 bits per heavy atom. The SMILES string of the molecule is NC(=O)CCC(=O)N1CCN(C(=O)CCc2ccc(F)cc2F)CC(O)C1. The van der Waals surface area contributed by atoms with Crippen molar-refractivity contribution in [3.8, 4) is 0 Å². The van der Waals surface area contributed by atoms with E-state index in [0.29, 0.717) is 0 Å². The van der Waals surface area contributed by atoms with E-state index in [9.17, 15) is 28.3 Å². The quantitative estimate of drug-likeness (QED) is 0.732. The number of aliphatic hydroxyl groups is 1. The minimum absolute atomic E-state index is 0.00486. The zero-order chi connectivity index (χ0) is 20.0. The van der Waals surface area contributed by atoms with Crippen molar-refractivity contribution in [3.05, 3.63) is 35.4 Å². The van der Waals surface area contributed by atoms with Gasteiger partial charge in [0.1, 0.15) is 11.6 Å². The molecule has 1 aromatic rings. The molecule has 0 spiro atoms. The third-order valence-corrected chi connectivity index (χ3v) is 4.42. The van der Waals surface area contributed by atoms with E-state index in [1.54, 1.807) is 0 Å². The fourth-order valence-corrected chi connectivity index (χ4v) is 2.96. The van der Waals surface area contributed by atoms with Crippen molar-refractivity contribution in [2.45, 2.75) is 31.8 Å². The van der Waals surface area contributed by atoms with Crippen LogP contribution in [-0.2, 0) is 20.8 Å². The fourth-order valence-electron chi connectivity index (χ4n) is 2.96. The molecule has 1 aliphatic rings. The standard InChI is InChI=1S/C18H23F2N3O4/c19-13-3-1-12(15(20)9-13)2-5-17(26)22-7-8-23(11-14(24)10-22)18(27)6-4-16(21)25/h1,3,9,14,24H,2,4-8,10-11H2,(H2,21,25). The maximum atomic E-state index is 13.7. The molecule has 7 nitrogen and oxygen atoms in total. The van der Waals surface area contributed by atoms with Crippen molar-refractivity contribution in [1.82, 2.24) is 9.80 Å². The highest BCUT2D eigenvalue weighted by Crippen LogP contribution is 2.14. The predicted molar refractivity (Wildman–Crippen MR) is 92.3 cm³/mol. The molecule has 9 heteroatoms. The Kier molecular flexibility index (Phi) is 7.23. The number of β-amino-alcohol motifs (C(OH)–C–C–N with tert-alkyl or cyclic N) is 1. The number of benzene rings is 1. The zero-order valence-corrected chi connectivity index (χ0v) is 14.9. The zero-order valence-electron chi connectivity index (χ0n) is 14.9. The van der Waals surface area contributed by atoms with Crippen molar-refractivity contribution in [2.75, 3.05) is 26.2 Å². The highest BCUT2D eigenvalue weighted by atomic mass is 19.1. The van der Waals surface area contributed by atoms with Crippen LogP contribution in [-0.4, -0.2) is 64.9 Å². The first-order valence-corrected chi connectivity index (χ1v) is 8.72. The minimum atomic E-state index is -0.920. The first-order chi connectivity index (χ1) is 12.8. The monoisotopic (exact) mass is 383 g/mol. The molecule has 1 heterocycles. The summed E-state index contributed by atoms with van der Waals surface area (Å²) in [4.78, 5) is 38.1. The summed E-state index contributed by atoms with van der Waals surface area (Å²) in [5.74, 6) is -2.56. The van der Waals surface area contributed by atoms with E-state index in [2.05, 4.69) is 0 Å². The average Bonchev–Trinajstić information content (AvgIpc) is 2.80. The Morgan fingerprint density at radius 2 is 1.63 bits per heavy atom. The molecule has 148 valence electrons. The third kappa shape index (κ3) is 6.28. The fraction of sp³-hybridized carbons (Fsp3) is 0.500. The van der Waals surface area contributed by atoms with Crippen LogP contribution in [0, 0.1) is 11.6 Å². The van der Waals surface area contributed by atoms with Gasteiger partial charge in [0.2, 0.25) is 17.7 Å². The van der Waals surface area contributed by atoms with Gasteiger partial charge in [0, 0.05) is 51.5 Å². The molecular formula is C18H23F2N3O4. The van der Waals surface area contributed by atoms with Crippen molar-refractivity contribution >= 4 is 17.7 Å². The number of aryl methyl sites for hydroxylation is 1. The third-order valence-electron chi connectivity index (χ3n) is 4.42. The molecule has 2 rings (SSSR count). The van der Waals surface area contributed by atoms with E-state index in [-0.39, 0.29) is 69.2 Å². The van der Waals surface area contributed by atoms with E-state index >= 15 is 0 Å². The molecule has 27 heavy (non-hydrogen) atoms. The molecule has 1 aliphatic heterocycles. The highest BCUT2D eigenvalue weighted by Gasteiger charge is 2.26. The molecular weight excluding hydrogens is 360 g/mol. The summed E-state index contributed by atoms with van der Waals surface area (Å²) in [6.07, 6.45) is -0.919. The molecule has 0 bridgehead atoms. The van der Waals surface area contributed by atoms with Gasteiger partial charge in [-0.1, -0.05) is 6.07 Å². The number of nitrogens with two attached hydrogens (primary N) is 1. The van der Waals surface area contributed by atoms with Crippen LogP contribution in [0.25, 0.3) is 0 Å². The molecule has 1 aromatic carbocycles. The van der Waals surface area contributed by atoms with Crippen LogP contribution < -0.4 is 5.73 Å².